The van der Waals surface area contributed by atoms with Gasteiger partial charge < -0.3 is 13.3 Å². The molecule has 3 heterocycles. The van der Waals surface area contributed by atoms with E-state index in [1.807, 2.05) is 0 Å². The maximum absolute atomic E-state index is 5.76. The molecule has 0 aromatic heterocycles. The molecule has 0 spiro atoms. The maximum Gasteiger partial charge on any atom is 0.485 e. The summed E-state index contributed by atoms with van der Waals surface area (Å²) in [6, 6.07) is 0. The first-order chi connectivity index (χ1) is 6.63. The van der Waals surface area contributed by atoms with Crippen molar-refractivity contribution in [3.63, 3.8) is 0 Å². The molecule has 0 amide bonds. The monoisotopic (exact) mass is 217 g/mol. The van der Waals surface area contributed by atoms with Crippen LogP contribution in [0.2, 0.25) is 0 Å². The summed E-state index contributed by atoms with van der Waals surface area (Å²) in [6.45, 7) is 9.28. The number of rotatable bonds is 0. The van der Waals surface area contributed by atoms with Crippen molar-refractivity contribution in [2.75, 3.05) is 19.6 Å². The smallest absolute Gasteiger partial charge is 0.372 e. The molecule has 0 N–H and O–H groups in total. The molecule has 0 radical (unpaired) electrons. The molecule has 3 atom stereocenters. The van der Waals surface area contributed by atoms with Crippen molar-refractivity contribution in [3.05, 3.63) is 0 Å². The van der Waals surface area contributed by atoms with Gasteiger partial charge in [0.05, 0.1) is 18.3 Å². The molecule has 0 aliphatic carbocycles. The summed E-state index contributed by atoms with van der Waals surface area (Å²) in [5.74, 6) is 0. The second kappa shape index (κ2) is 4.28. The van der Waals surface area contributed by atoms with Gasteiger partial charge in [0.15, 0.2) is 0 Å². The normalized spacial score (nSPS) is 49.5. The Morgan fingerprint density at radius 2 is 1.21 bits per heavy atom. The zero-order chi connectivity index (χ0) is 10.1. The Morgan fingerprint density at radius 3 is 1.57 bits per heavy atom. The lowest BCUT2D eigenvalue weighted by atomic mass is 10.2. The first kappa shape index (κ1) is 10.6. The lowest BCUT2D eigenvalue weighted by Crippen LogP contribution is -2.53. The summed E-state index contributed by atoms with van der Waals surface area (Å²) in [7, 11) is -1.86. The minimum atomic E-state index is -1.86. The SMILES string of the molecule is CC1CN2CC(C)O[SiH](O1)OC(C)C2. The molecule has 14 heavy (non-hydrogen) atoms. The quantitative estimate of drug-likeness (QED) is 0.544. The third kappa shape index (κ3) is 2.55. The van der Waals surface area contributed by atoms with Crippen LogP contribution in [0.25, 0.3) is 0 Å². The van der Waals surface area contributed by atoms with Crippen molar-refractivity contribution in [2.24, 2.45) is 0 Å². The molecule has 4 nitrogen and oxygen atoms in total. The minimum absolute atomic E-state index is 0.242. The maximum atomic E-state index is 5.76. The molecule has 0 aromatic rings. The summed E-state index contributed by atoms with van der Waals surface area (Å²) in [5, 5.41) is 0. The number of fused-ring (bicyclic) bond motifs is 6. The highest BCUT2D eigenvalue weighted by Gasteiger charge is 2.32. The van der Waals surface area contributed by atoms with Crippen LogP contribution < -0.4 is 0 Å². The fourth-order valence-corrected chi connectivity index (χ4v) is 3.70. The van der Waals surface area contributed by atoms with Gasteiger partial charge in [0.2, 0.25) is 0 Å². The summed E-state index contributed by atoms with van der Waals surface area (Å²) >= 11 is 0. The van der Waals surface area contributed by atoms with Crippen LogP contribution >= 0.6 is 0 Å². The predicted molar refractivity (Wildman–Crippen MR) is 55.2 cm³/mol. The van der Waals surface area contributed by atoms with Gasteiger partial charge in [0.1, 0.15) is 0 Å². The number of hydrogen-bond donors (Lipinski definition) is 0. The third-order valence-corrected chi connectivity index (χ3v) is 4.64. The van der Waals surface area contributed by atoms with Crippen LogP contribution in [0.1, 0.15) is 20.8 Å². The Balaban J connectivity index is 2.10. The Morgan fingerprint density at radius 1 is 0.857 bits per heavy atom. The summed E-state index contributed by atoms with van der Waals surface area (Å²) in [6.07, 6.45) is 0.727. The first-order valence-electron chi connectivity index (χ1n) is 5.32. The van der Waals surface area contributed by atoms with E-state index in [0.29, 0.717) is 0 Å². The summed E-state index contributed by atoms with van der Waals surface area (Å²) < 4.78 is 17.3. The Kier molecular flexibility index (Phi) is 3.23. The van der Waals surface area contributed by atoms with Crippen molar-refractivity contribution in [3.8, 4) is 0 Å². The predicted octanol–water partition coefficient (Wildman–Crippen LogP) is 0.248. The van der Waals surface area contributed by atoms with Crippen molar-refractivity contribution < 1.29 is 13.3 Å². The van der Waals surface area contributed by atoms with E-state index < -0.39 is 9.53 Å². The molecule has 5 heteroatoms. The molecule has 82 valence electrons. The van der Waals surface area contributed by atoms with Gasteiger partial charge in [-0.2, -0.15) is 0 Å². The van der Waals surface area contributed by atoms with Gasteiger partial charge in [-0.3, -0.25) is 4.90 Å². The van der Waals surface area contributed by atoms with Crippen molar-refractivity contribution >= 4 is 9.53 Å². The molecular formula is C9H19NO3Si. The second-order valence-corrected chi connectivity index (χ2v) is 5.74. The molecule has 3 aliphatic heterocycles. The molecule has 3 rings (SSSR count). The van der Waals surface area contributed by atoms with Gasteiger partial charge in [0, 0.05) is 19.6 Å². The van der Waals surface area contributed by atoms with Crippen LogP contribution in [-0.4, -0.2) is 52.4 Å². The lowest BCUT2D eigenvalue weighted by molar-refractivity contribution is -0.0583. The average Bonchev–Trinajstić information content (AvgIpc) is 1.96. The van der Waals surface area contributed by atoms with Crippen molar-refractivity contribution in [1.29, 1.82) is 0 Å². The van der Waals surface area contributed by atoms with Gasteiger partial charge in [-0.25, -0.2) is 0 Å². The van der Waals surface area contributed by atoms with E-state index in [1.54, 1.807) is 0 Å². The van der Waals surface area contributed by atoms with E-state index in [-0.39, 0.29) is 18.3 Å². The molecule has 3 unspecified atom stereocenters. The third-order valence-electron chi connectivity index (χ3n) is 2.58. The topological polar surface area (TPSA) is 30.9 Å². The minimum Gasteiger partial charge on any atom is -0.372 e. The first-order valence-corrected chi connectivity index (χ1v) is 6.73. The summed E-state index contributed by atoms with van der Waals surface area (Å²) in [5.41, 5.74) is 0. The van der Waals surface area contributed by atoms with E-state index in [9.17, 15) is 0 Å². The zero-order valence-corrected chi connectivity index (χ0v) is 10.3. The molecule has 2 bridgehead atoms. The van der Waals surface area contributed by atoms with E-state index in [1.165, 1.54) is 0 Å². The van der Waals surface area contributed by atoms with E-state index >= 15 is 0 Å². The molecule has 3 fully saturated rings. The fourth-order valence-electron chi connectivity index (χ4n) is 2.11. The molecule has 0 aromatic carbocycles. The molecule has 3 aliphatic rings. The molecular weight excluding hydrogens is 198 g/mol. The summed E-state index contributed by atoms with van der Waals surface area (Å²) in [4.78, 5) is 2.36. The van der Waals surface area contributed by atoms with E-state index in [4.69, 9.17) is 13.3 Å². The number of hydrogen-bond acceptors (Lipinski definition) is 4. The van der Waals surface area contributed by atoms with E-state index in [2.05, 4.69) is 25.7 Å². The van der Waals surface area contributed by atoms with Crippen LogP contribution in [0.5, 0.6) is 0 Å². The van der Waals surface area contributed by atoms with Gasteiger partial charge in [0.25, 0.3) is 0 Å². The highest BCUT2D eigenvalue weighted by Crippen LogP contribution is 2.16. The van der Waals surface area contributed by atoms with Crippen LogP contribution in [-0.2, 0) is 13.3 Å². The van der Waals surface area contributed by atoms with Gasteiger partial charge in [-0.05, 0) is 20.8 Å². The number of nitrogens with zero attached hydrogens (tertiary/aromatic N) is 1. The standard InChI is InChI=1S/C9H19NO3Si/c1-7-4-10-5-8(2)12-14(11-7)13-9(3)6-10/h7-9,14H,4-6H2,1-3H3. The van der Waals surface area contributed by atoms with Gasteiger partial charge in [-0.1, -0.05) is 0 Å². The van der Waals surface area contributed by atoms with E-state index in [0.717, 1.165) is 19.6 Å². The van der Waals surface area contributed by atoms with Crippen LogP contribution in [0.3, 0.4) is 0 Å². The van der Waals surface area contributed by atoms with Crippen LogP contribution in [0, 0.1) is 0 Å². The second-order valence-electron chi connectivity index (χ2n) is 4.35. The van der Waals surface area contributed by atoms with Gasteiger partial charge in [-0.15, -0.1) is 0 Å². The lowest BCUT2D eigenvalue weighted by Gasteiger charge is -2.39. The van der Waals surface area contributed by atoms with Crippen molar-refractivity contribution in [2.45, 2.75) is 39.1 Å². The van der Waals surface area contributed by atoms with Crippen LogP contribution in [0.4, 0.5) is 0 Å². The molecule has 3 saturated heterocycles. The van der Waals surface area contributed by atoms with Crippen molar-refractivity contribution in [1.82, 2.24) is 4.90 Å². The Labute approximate surface area is 87.1 Å². The Hall–Kier alpha value is 0.0569. The zero-order valence-electron chi connectivity index (χ0n) is 9.10. The Bertz CT molecular complexity index is 153. The fraction of sp³-hybridized carbons (Fsp3) is 1.00. The largest absolute Gasteiger partial charge is 0.485 e. The highest BCUT2D eigenvalue weighted by molar-refractivity contribution is 6.36. The molecule has 0 saturated carbocycles. The van der Waals surface area contributed by atoms with Crippen LogP contribution in [0.15, 0.2) is 0 Å². The highest BCUT2D eigenvalue weighted by atomic mass is 28.3. The van der Waals surface area contributed by atoms with Gasteiger partial charge >= 0.3 is 9.53 Å². The average molecular weight is 217 g/mol.